The van der Waals surface area contributed by atoms with Crippen LogP contribution in [0.5, 0.6) is 0 Å². The first-order valence-electron chi connectivity index (χ1n) is 8.47. The number of rotatable bonds is 8. The molecule has 0 aliphatic carbocycles. The van der Waals surface area contributed by atoms with Crippen molar-refractivity contribution in [2.75, 3.05) is 18.0 Å². The molecule has 29 heavy (non-hydrogen) atoms. The van der Waals surface area contributed by atoms with Crippen LogP contribution in [0.25, 0.3) is 0 Å². The fraction of sp³-hybridized carbons (Fsp3) is 0.200. The molecule has 0 spiro atoms. The summed E-state index contributed by atoms with van der Waals surface area (Å²) in [5.41, 5.74) is 0.252. The molecular weight excluding hydrogens is 394 g/mol. The van der Waals surface area contributed by atoms with Gasteiger partial charge >= 0.3 is 5.97 Å². The molecule has 0 aliphatic rings. The molecule has 0 saturated carbocycles. The van der Waals surface area contributed by atoms with E-state index in [0.717, 1.165) is 10.4 Å². The third kappa shape index (κ3) is 5.06. The maximum atomic E-state index is 12.8. The predicted molar refractivity (Wildman–Crippen MR) is 106 cm³/mol. The molecule has 2 aromatic rings. The zero-order valence-corrected chi connectivity index (χ0v) is 16.6. The Balaban J connectivity index is 2.18. The van der Waals surface area contributed by atoms with E-state index in [1.807, 2.05) is 0 Å². The SMILES string of the molecule is CC(=N)C(C#N)C(=O)COC(=O)c1cccc(S(=O)(=O)N(C)c2ccccc2)c1. The van der Waals surface area contributed by atoms with Gasteiger partial charge in [0.15, 0.2) is 12.4 Å². The number of ether oxygens (including phenoxy) is 1. The molecular formula is C20H19N3O5S. The summed E-state index contributed by atoms with van der Waals surface area (Å²) in [6.07, 6.45) is 0. The normalized spacial score (nSPS) is 11.8. The van der Waals surface area contributed by atoms with Crippen LogP contribution in [-0.2, 0) is 19.6 Å². The number of ketones is 1. The van der Waals surface area contributed by atoms with Crippen LogP contribution >= 0.6 is 0 Å². The smallest absolute Gasteiger partial charge is 0.338 e. The highest BCUT2D eigenvalue weighted by Gasteiger charge is 2.24. The van der Waals surface area contributed by atoms with Gasteiger partial charge in [-0.1, -0.05) is 24.3 Å². The minimum absolute atomic E-state index is 0.0552. The number of esters is 1. The minimum atomic E-state index is -3.92. The lowest BCUT2D eigenvalue weighted by atomic mass is 10.0. The standard InChI is InChI=1S/C20H19N3O5S/c1-14(22)18(12-21)19(24)13-28-20(25)15-7-6-10-17(11-15)29(26,27)23(2)16-8-4-3-5-9-16/h3-11,18,22H,13H2,1-2H3. The Morgan fingerprint density at radius 3 is 2.41 bits per heavy atom. The minimum Gasteiger partial charge on any atom is -0.454 e. The molecule has 0 heterocycles. The summed E-state index contributed by atoms with van der Waals surface area (Å²) in [6, 6.07) is 15.4. The number of carbonyl (C=O) groups excluding carboxylic acids is 2. The molecule has 0 amide bonds. The van der Waals surface area contributed by atoms with Gasteiger partial charge in [-0.15, -0.1) is 0 Å². The first-order chi connectivity index (χ1) is 13.7. The number of para-hydroxylation sites is 1. The van der Waals surface area contributed by atoms with Crippen LogP contribution in [0.2, 0.25) is 0 Å². The van der Waals surface area contributed by atoms with Crippen LogP contribution in [0.4, 0.5) is 5.69 Å². The Morgan fingerprint density at radius 1 is 1.17 bits per heavy atom. The van der Waals surface area contributed by atoms with Gasteiger partial charge in [0.05, 0.1) is 22.2 Å². The van der Waals surface area contributed by atoms with Crippen molar-refractivity contribution in [2.24, 2.45) is 5.92 Å². The van der Waals surface area contributed by atoms with Crippen LogP contribution in [0.15, 0.2) is 59.5 Å². The number of nitrogens with zero attached hydrogens (tertiary/aromatic N) is 2. The van der Waals surface area contributed by atoms with E-state index in [9.17, 15) is 18.0 Å². The molecule has 0 saturated heterocycles. The van der Waals surface area contributed by atoms with Crippen LogP contribution in [0.3, 0.4) is 0 Å². The fourth-order valence-electron chi connectivity index (χ4n) is 2.43. The molecule has 0 fully saturated rings. The molecule has 2 rings (SSSR count). The van der Waals surface area contributed by atoms with E-state index in [1.165, 1.54) is 32.2 Å². The average Bonchev–Trinajstić information content (AvgIpc) is 2.72. The summed E-state index contributed by atoms with van der Waals surface area (Å²) in [7, 11) is -2.52. The molecule has 150 valence electrons. The fourth-order valence-corrected chi connectivity index (χ4v) is 3.67. The van der Waals surface area contributed by atoms with Crippen molar-refractivity contribution in [1.29, 1.82) is 10.7 Å². The van der Waals surface area contributed by atoms with Gasteiger partial charge in [0.2, 0.25) is 0 Å². The molecule has 0 bridgehead atoms. The first-order valence-corrected chi connectivity index (χ1v) is 9.91. The number of sulfonamides is 1. The highest BCUT2D eigenvalue weighted by molar-refractivity contribution is 7.92. The summed E-state index contributed by atoms with van der Waals surface area (Å²) >= 11 is 0. The lowest BCUT2D eigenvalue weighted by molar-refractivity contribution is -0.122. The van der Waals surface area contributed by atoms with Crippen LogP contribution in [-0.4, -0.2) is 39.5 Å². The molecule has 0 aliphatic heterocycles. The lowest BCUT2D eigenvalue weighted by Gasteiger charge is -2.19. The second kappa shape index (κ2) is 9.12. The van der Waals surface area contributed by atoms with E-state index in [2.05, 4.69) is 0 Å². The zero-order chi connectivity index (χ0) is 21.6. The number of hydrogen-bond acceptors (Lipinski definition) is 7. The Morgan fingerprint density at radius 2 is 1.83 bits per heavy atom. The first kappa shape index (κ1) is 21.8. The Bertz CT molecular complexity index is 1070. The van der Waals surface area contributed by atoms with Crippen molar-refractivity contribution in [3.05, 3.63) is 60.2 Å². The maximum absolute atomic E-state index is 12.8. The largest absolute Gasteiger partial charge is 0.454 e. The third-order valence-electron chi connectivity index (χ3n) is 4.08. The lowest BCUT2D eigenvalue weighted by Crippen LogP contribution is -2.27. The van der Waals surface area contributed by atoms with Crippen LogP contribution < -0.4 is 4.31 Å². The topological polar surface area (TPSA) is 128 Å². The monoisotopic (exact) mass is 413 g/mol. The second-order valence-corrected chi connectivity index (χ2v) is 8.09. The number of nitriles is 1. The van der Waals surface area contributed by atoms with Gasteiger partial charge in [-0.05, 0) is 37.3 Å². The number of carbonyl (C=O) groups is 2. The van der Waals surface area contributed by atoms with Gasteiger partial charge in [0.1, 0.15) is 5.92 Å². The molecule has 1 N–H and O–H groups in total. The van der Waals surface area contributed by atoms with E-state index >= 15 is 0 Å². The van der Waals surface area contributed by atoms with E-state index < -0.39 is 34.3 Å². The maximum Gasteiger partial charge on any atom is 0.338 e. The number of hydrogen-bond donors (Lipinski definition) is 1. The molecule has 9 heteroatoms. The van der Waals surface area contributed by atoms with Crippen molar-refractivity contribution < 1.29 is 22.7 Å². The Kier molecular flexibility index (Phi) is 6.85. The number of Topliss-reactive ketones (excluding diaryl/α,β-unsaturated/α-hetero) is 1. The Labute approximate surface area is 168 Å². The zero-order valence-electron chi connectivity index (χ0n) is 15.8. The summed E-state index contributed by atoms with van der Waals surface area (Å²) in [5.74, 6) is -2.91. The molecule has 8 nitrogen and oxygen atoms in total. The van der Waals surface area contributed by atoms with Crippen molar-refractivity contribution in [1.82, 2.24) is 0 Å². The van der Waals surface area contributed by atoms with Gasteiger partial charge in [-0.25, -0.2) is 13.2 Å². The van der Waals surface area contributed by atoms with Gasteiger partial charge in [0.25, 0.3) is 10.0 Å². The summed E-state index contributed by atoms with van der Waals surface area (Å²) < 4.78 is 31.7. The number of benzene rings is 2. The highest BCUT2D eigenvalue weighted by atomic mass is 32.2. The van der Waals surface area contributed by atoms with Crippen molar-refractivity contribution in [2.45, 2.75) is 11.8 Å². The second-order valence-electron chi connectivity index (χ2n) is 6.12. The molecule has 0 radical (unpaired) electrons. The van der Waals surface area contributed by atoms with Gasteiger partial charge in [-0.2, -0.15) is 5.26 Å². The van der Waals surface area contributed by atoms with Crippen LogP contribution in [0.1, 0.15) is 17.3 Å². The van der Waals surface area contributed by atoms with E-state index in [-0.39, 0.29) is 16.2 Å². The number of nitrogens with one attached hydrogen (secondary N) is 1. The quantitative estimate of drug-likeness (QED) is 0.523. The van der Waals surface area contributed by atoms with E-state index in [4.69, 9.17) is 15.4 Å². The molecule has 1 atom stereocenters. The summed E-state index contributed by atoms with van der Waals surface area (Å²) in [5, 5.41) is 16.3. The Hall–Kier alpha value is -3.51. The van der Waals surface area contributed by atoms with Crippen molar-refractivity contribution in [3.8, 4) is 6.07 Å². The van der Waals surface area contributed by atoms with E-state index in [1.54, 1.807) is 36.4 Å². The third-order valence-corrected chi connectivity index (χ3v) is 5.86. The average molecular weight is 413 g/mol. The highest BCUT2D eigenvalue weighted by Crippen LogP contribution is 2.22. The molecule has 0 aromatic heterocycles. The van der Waals surface area contributed by atoms with Crippen LogP contribution in [0, 0.1) is 22.7 Å². The van der Waals surface area contributed by atoms with Gasteiger partial charge in [0, 0.05) is 12.8 Å². The summed E-state index contributed by atoms with van der Waals surface area (Å²) in [6.45, 7) is 0.624. The van der Waals surface area contributed by atoms with Gasteiger partial charge in [-0.3, -0.25) is 9.10 Å². The van der Waals surface area contributed by atoms with Gasteiger partial charge < -0.3 is 10.1 Å². The van der Waals surface area contributed by atoms with Crippen molar-refractivity contribution in [3.63, 3.8) is 0 Å². The molecule has 2 aromatic carbocycles. The summed E-state index contributed by atoms with van der Waals surface area (Å²) in [4.78, 5) is 24.0. The van der Waals surface area contributed by atoms with E-state index in [0.29, 0.717) is 5.69 Å². The number of anilines is 1. The molecule has 1 unspecified atom stereocenters. The van der Waals surface area contributed by atoms with Crippen molar-refractivity contribution >= 4 is 33.2 Å². The predicted octanol–water partition coefficient (Wildman–Crippen LogP) is 2.42.